The maximum absolute atomic E-state index is 13.0. The number of thiazole rings is 1. The van der Waals surface area contributed by atoms with Crippen molar-refractivity contribution < 1.29 is 19.4 Å². The zero-order valence-corrected chi connectivity index (χ0v) is 26.9. The summed E-state index contributed by atoms with van der Waals surface area (Å²) in [6.45, 7) is 11.5. The first kappa shape index (κ1) is 31.6. The lowest BCUT2D eigenvalue weighted by Crippen LogP contribution is -2.47. The average Bonchev–Trinajstić information content (AvgIpc) is 3.56. The molecule has 43 heavy (non-hydrogen) atoms. The SMILES string of the molecule is CCOC(=O)c1sc(N2CC[C@@H](CC(=O)c3[nH]c(C)c(Cl)c3Cl)[C@@H](C)C2)nc1-c1cnc(N2CCN(CCO)CC2)cn1. The predicted octanol–water partition coefficient (Wildman–Crippen LogP) is 4.57. The average molecular weight is 651 g/mol. The van der Waals surface area contributed by atoms with Gasteiger partial charge in [0.05, 0.1) is 35.7 Å². The summed E-state index contributed by atoms with van der Waals surface area (Å²) in [6, 6.07) is 0. The normalized spacial score (nSPS) is 19.6. The number of piperazine rings is 1. The van der Waals surface area contributed by atoms with E-state index in [-0.39, 0.29) is 35.9 Å². The van der Waals surface area contributed by atoms with E-state index in [2.05, 4.69) is 36.6 Å². The molecule has 2 atom stereocenters. The quantitative estimate of drug-likeness (QED) is 0.238. The lowest BCUT2D eigenvalue weighted by atomic mass is 9.83. The van der Waals surface area contributed by atoms with Gasteiger partial charge >= 0.3 is 5.97 Å². The van der Waals surface area contributed by atoms with Gasteiger partial charge in [0, 0.05) is 57.9 Å². The monoisotopic (exact) mass is 649 g/mol. The van der Waals surface area contributed by atoms with Gasteiger partial charge in [0.25, 0.3) is 0 Å². The molecule has 0 bridgehead atoms. The fourth-order valence-electron chi connectivity index (χ4n) is 5.68. The summed E-state index contributed by atoms with van der Waals surface area (Å²) in [7, 11) is 0. The molecule has 0 aromatic carbocycles. The van der Waals surface area contributed by atoms with Crippen LogP contribution >= 0.6 is 34.5 Å². The highest BCUT2D eigenvalue weighted by Crippen LogP contribution is 2.38. The highest BCUT2D eigenvalue weighted by Gasteiger charge is 2.32. The van der Waals surface area contributed by atoms with E-state index >= 15 is 0 Å². The van der Waals surface area contributed by atoms with Gasteiger partial charge in [-0.05, 0) is 32.1 Å². The minimum atomic E-state index is -0.433. The molecule has 0 amide bonds. The molecule has 5 rings (SSSR count). The molecule has 2 fully saturated rings. The largest absolute Gasteiger partial charge is 0.462 e. The lowest BCUT2D eigenvalue weighted by molar-refractivity contribution is 0.0532. The van der Waals surface area contributed by atoms with Crippen molar-refractivity contribution in [1.82, 2.24) is 24.8 Å². The zero-order chi connectivity index (χ0) is 30.7. The number of ketones is 1. The third-order valence-corrected chi connectivity index (χ3v) is 10.2. The number of carbonyl (C=O) groups excluding carboxylic acids is 2. The molecule has 0 unspecified atom stereocenters. The first-order valence-electron chi connectivity index (χ1n) is 14.6. The summed E-state index contributed by atoms with van der Waals surface area (Å²) < 4.78 is 5.36. The number of Topliss-reactive ketones (excluding diaryl/α,β-unsaturated/α-hetero) is 1. The Hall–Kier alpha value is -2.77. The van der Waals surface area contributed by atoms with Crippen LogP contribution in [-0.4, -0.2) is 101 Å². The number of aryl methyl sites for hydroxylation is 1. The van der Waals surface area contributed by atoms with E-state index in [9.17, 15) is 14.7 Å². The number of ether oxygens (including phenoxy) is 1. The van der Waals surface area contributed by atoms with E-state index in [0.29, 0.717) is 58.7 Å². The van der Waals surface area contributed by atoms with Crippen molar-refractivity contribution in [3.05, 3.63) is 38.7 Å². The Morgan fingerprint density at radius 1 is 1.12 bits per heavy atom. The van der Waals surface area contributed by atoms with Crippen molar-refractivity contribution in [2.24, 2.45) is 11.8 Å². The summed E-state index contributed by atoms with van der Waals surface area (Å²) in [4.78, 5) is 50.1. The fourth-order valence-corrected chi connectivity index (χ4v) is 7.12. The summed E-state index contributed by atoms with van der Waals surface area (Å²) in [6.07, 6.45) is 4.56. The number of esters is 1. The van der Waals surface area contributed by atoms with Crippen LogP contribution in [-0.2, 0) is 4.74 Å². The van der Waals surface area contributed by atoms with Gasteiger partial charge in [-0.15, -0.1) is 0 Å². The summed E-state index contributed by atoms with van der Waals surface area (Å²) in [5.41, 5.74) is 2.03. The topological polar surface area (TPSA) is 128 Å². The molecular weight excluding hydrogens is 613 g/mol. The number of rotatable bonds is 10. The number of aliphatic hydroxyl groups is 1. The van der Waals surface area contributed by atoms with E-state index in [1.165, 1.54) is 11.3 Å². The number of nitrogens with one attached hydrogen (secondary N) is 1. The van der Waals surface area contributed by atoms with Gasteiger partial charge in [-0.25, -0.2) is 19.7 Å². The van der Waals surface area contributed by atoms with Gasteiger partial charge in [0.1, 0.15) is 27.8 Å². The molecule has 2 aliphatic heterocycles. The first-order valence-corrected chi connectivity index (χ1v) is 16.2. The van der Waals surface area contributed by atoms with Crippen molar-refractivity contribution in [3.63, 3.8) is 0 Å². The van der Waals surface area contributed by atoms with Gasteiger partial charge in [-0.3, -0.25) is 9.69 Å². The Morgan fingerprint density at radius 2 is 1.88 bits per heavy atom. The number of hydrogen-bond acceptors (Lipinski definition) is 11. The van der Waals surface area contributed by atoms with Crippen LogP contribution in [0.5, 0.6) is 0 Å². The maximum atomic E-state index is 13.0. The first-order chi connectivity index (χ1) is 20.7. The van der Waals surface area contributed by atoms with Crippen molar-refractivity contribution in [2.75, 3.05) is 68.8 Å². The van der Waals surface area contributed by atoms with Crippen LogP contribution in [0.3, 0.4) is 0 Å². The summed E-state index contributed by atoms with van der Waals surface area (Å²) in [5, 5.41) is 10.6. The van der Waals surface area contributed by atoms with Crippen LogP contribution in [0.25, 0.3) is 11.4 Å². The molecule has 2 N–H and O–H groups in total. The molecule has 0 saturated carbocycles. The Bertz CT molecular complexity index is 1440. The molecule has 5 heterocycles. The van der Waals surface area contributed by atoms with E-state index in [1.807, 2.05) is 0 Å². The van der Waals surface area contributed by atoms with E-state index in [0.717, 1.165) is 43.5 Å². The molecular formula is C29H37Cl2N7O4S. The van der Waals surface area contributed by atoms with E-state index < -0.39 is 5.97 Å². The van der Waals surface area contributed by atoms with E-state index in [1.54, 1.807) is 26.2 Å². The molecule has 0 spiro atoms. The summed E-state index contributed by atoms with van der Waals surface area (Å²) in [5.74, 6) is 0.676. The smallest absolute Gasteiger partial charge is 0.350 e. The summed E-state index contributed by atoms with van der Waals surface area (Å²) >= 11 is 13.8. The number of piperidine rings is 1. The van der Waals surface area contributed by atoms with E-state index in [4.69, 9.17) is 32.9 Å². The number of hydrogen-bond donors (Lipinski definition) is 2. The number of aliphatic hydroxyl groups excluding tert-OH is 1. The number of anilines is 2. The predicted molar refractivity (Wildman–Crippen MR) is 169 cm³/mol. The zero-order valence-electron chi connectivity index (χ0n) is 24.6. The number of halogens is 2. The van der Waals surface area contributed by atoms with Crippen LogP contribution in [0.4, 0.5) is 10.9 Å². The molecule has 2 saturated heterocycles. The van der Waals surface area contributed by atoms with Crippen molar-refractivity contribution in [3.8, 4) is 11.4 Å². The minimum Gasteiger partial charge on any atom is -0.462 e. The van der Waals surface area contributed by atoms with Crippen LogP contribution in [0.15, 0.2) is 12.4 Å². The maximum Gasteiger partial charge on any atom is 0.350 e. The minimum absolute atomic E-state index is 0.0412. The fraction of sp³-hybridized carbons (Fsp3) is 0.552. The van der Waals surface area contributed by atoms with Gasteiger partial charge in [-0.1, -0.05) is 41.5 Å². The van der Waals surface area contributed by atoms with Crippen LogP contribution in [0.2, 0.25) is 10.0 Å². The van der Waals surface area contributed by atoms with Crippen LogP contribution in [0, 0.1) is 18.8 Å². The van der Waals surface area contributed by atoms with Gasteiger partial charge in [0.2, 0.25) is 0 Å². The second kappa shape index (κ2) is 13.9. The van der Waals surface area contributed by atoms with Crippen molar-refractivity contribution >= 4 is 57.2 Å². The molecule has 0 aliphatic carbocycles. The molecule has 11 nitrogen and oxygen atoms in total. The number of H-pyrrole nitrogens is 1. The Kier molecular flexibility index (Phi) is 10.2. The molecule has 2 aliphatic rings. The van der Waals surface area contributed by atoms with Crippen LogP contribution in [0.1, 0.15) is 52.5 Å². The van der Waals surface area contributed by atoms with Gasteiger partial charge in [0.15, 0.2) is 10.9 Å². The number of aromatic amines is 1. The number of nitrogens with zero attached hydrogens (tertiary/aromatic N) is 6. The second-order valence-corrected chi connectivity index (χ2v) is 12.8. The van der Waals surface area contributed by atoms with Crippen LogP contribution < -0.4 is 9.80 Å². The molecule has 3 aromatic heterocycles. The number of β-amino-alcohol motifs (C(OH)–C–C–N with tert-alkyl or cyclic N) is 1. The molecule has 14 heteroatoms. The van der Waals surface area contributed by atoms with Crippen molar-refractivity contribution in [2.45, 2.75) is 33.6 Å². The lowest BCUT2D eigenvalue weighted by Gasteiger charge is -2.36. The standard InChI is InChI=1S/C29H37Cl2N7O4S/c1-4-42-28(41)27-25(20-14-33-22(15-32-20)37-9-7-36(8-10-37)11-12-39)35-29(43-27)38-6-5-19(17(2)16-38)13-21(40)26-24(31)23(30)18(3)34-26/h14-15,17,19,34,39H,4-13,16H2,1-3H3/t17-,19-/m0/s1. The Labute approximate surface area is 265 Å². The van der Waals surface area contributed by atoms with Gasteiger partial charge in [-0.2, -0.15) is 0 Å². The Balaban J connectivity index is 1.29. The Morgan fingerprint density at radius 3 is 2.49 bits per heavy atom. The molecule has 0 radical (unpaired) electrons. The van der Waals surface area contributed by atoms with Crippen molar-refractivity contribution in [1.29, 1.82) is 0 Å². The third-order valence-electron chi connectivity index (χ3n) is 8.20. The highest BCUT2D eigenvalue weighted by atomic mass is 35.5. The number of carbonyl (C=O) groups is 2. The third kappa shape index (κ3) is 6.99. The molecule has 232 valence electrons. The molecule has 3 aromatic rings. The second-order valence-electron chi connectivity index (χ2n) is 11.1. The number of aromatic nitrogens is 4. The highest BCUT2D eigenvalue weighted by molar-refractivity contribution is 7.17. The van der Waals surface area contributed by atoms with Gasteiger partial charge < -0.3 is 24.6 Å².